The summed E-state index contributed by atoms with van der Waals surface area (Å²) in [5.74, 6) is 2.67. The molecule has 0 atom stereocenters. The molecule has 0 bridgehead atoms. The van der Waals surface area contributed by atoms with Crippen molar-refractivity contribution in [3.05, 3.63) is 29.3 Å². The molecule has 0 fully saturated rings. The van der Waals surface area contributed by atoms with E-state index in [-0.39, 0.29) is 0 Å². The number of benzene rings is 1. The maximum absolute atomic E-state index is 5.35. The average Bonchev–Trinajstić information content (AvgIpc) is 2.18. The summed E-state index contributed by atoms with van der Waals surface area (Å²) in [6, 6.07) is 6.27. The van der Waals surface area contributed by atoms with Crippen molar-refractivity contribution in [1.82, 2.24) is 0 Å². The van der Waals surface area contributed by atoms with Crippen molar-refractivity contribution in [3.8, 4) is 12.3 Å². The van der Waals surface area contributed by atoms with Crippen molar-refractivity contribution in [3.63, 3.8) is 0 Å². The molecule has 1 heteroatoms. The van der Waals surface area contributed by atoms with Crippen LogP contribution in [-0.4, -0.2) is 13.6 Å². The SMILES string of the molecule is C#Cc1ccc2c(c1)CCCN2C. The Kier molecular flexibility index (Phi) is 1.98. The molecule has 0 radical (unpaired) electrons. The van der Waals surface area contributed by atoms with E-state index in [9.17, 15) is 0 Å². The van der Waals surface area contributed by atoms with E-state index in [1.54, 1.807) is 0 Å². The van der Waals surface area contributed by atoms with E-state index >= 15 is 0 Å². The lowest BCUT2D eigenvalue weighted by Gasteiger charge is -2.27. The van der Waals surface area contributed by atoms with Crippen LogP contribution in [0.15, 0.2) is 18.2 Å². The smallest absolute Gasteiger partial charge is 0.0397 e. The molecule has 0 saturated carbocycles. The molecule has 13 heavy (non-hydrogen) atoms. The van der Waals surface area contributed by atoms with Gasteiger partial charge in [0.15, 0.2) is 0 Å². The molecule has 1 aliphatic heterocycles. The lowest BCUT2D eigenvalue weighted by Crippen LogP contribution is -2.24. The fourth-order valence-corrected chi connectivity index (χ4v) is 1.88. The Morgan fingerprint density at radius 1 is 1.46 bits per heavy atom. The standard InChI is InChI=1S/C12H13N/c1-3-10-6-7-12-11(9-10)5-4-8-13(12)2/h1,6-7,9H,4-5,8H2,2H3. The molecule has 2 rings (SSSR count). The zero-order valence-corrected chi connectivity index (χ0v) is 7.88. The normalized spacial score (nSPS) is 14.9. The van der Waals surface area contributed by atoms with Crippen LogP contribution in [0.3, 0.4) is 0 Å². The van der Waals surface area contributed by atoms with Crippen LogP contribution in [-0.2, 0) is 6.42 Å². The van der Waals surface area contributed by atoms with Crippen molar-refractivity contribution >= 4 is 5.69 Å². The first-order valence-corrected chi connectivity index (χ1v) is 4.62. The van der Waals surface area contributed by atoms with Crippen LogP contribution in [0, 0.1) is 12.3 Å². The number of fused-ring (bicyclic) bond motifs is 1. The average molecular weight is 171 g/mol. The second kappa shape index (κ2) is 3.14. The first kappa shape index (κ1) is 8.19. The van der Waals surface area contributed by atoms with E-state index in [0.717, 1.165) is 18.5 Å². The molecule has 0 unspecified atom stereocenters. The molecular weight excluding hydrogens is 158 g/mol. The molecular formula is C12H13N. The second-order valence-corrected chi connectivity index (χ2v) is 3.51. The fourth-order valence-electron chi connectivity index (χ4n) is 1.88. The Morgan fingerprint density at radius 2 is 2.31 bits per heavy atom. The number of hydrogen-bond acceptors (Lipinski definition) is 1. The Hall–Kier alpha value is -1.42. The molecule has 0 spiro atoms. The van der Waals surface area contributed by atoms with Gasteiger partial charge in [-0.1, -0.05) is 5.92 Å². The van der Waals surface area contributed by atoms with Crippen LogP contribution in [0.4, 0.5) is 5.69 Å². The third kappa shape index (κ3) is 1.40. The zero-order valence-electron chi connectivity index (χ0n) is 7.88. The molecule has 0 saturated heterocycles. The third-order valence-corrected chi connectivity index (χ3v) is 2.60. The van der Waals surface area contributed by atoms with E-state index in [1.165, 1.54) is 17.7 Å². The molecule has 1 aliphatic rings. The molecule has 0 aromatic heterocycles. The number of aryl methyl sites for hydroxylation is 1. The van der Waals surface area contributed by atoms with Gasteiger partial charge in [0.05, 0.1) is 0 Å². The van der Waals surface area contributed by atoms with Gasteiger partial charge in [0.1, 0.15) is 0 Å². The second-order valence-electron chi connectivity index (χ2n) is 3.51. The summed E-state index contributed by atoms with van der Waals surface area (Å²) in [5, 5.41) is 0. The van der Waals surface area contributed by atoms with E-state index in [0.29, 0.717) is 0 Å². The van der Waals surface area contributed by atoms with Gasteiger partial charge in [-0.25, -0.2) is 0 Å². The molecule has 1 heterocycles. The molecule has 0 amide bonds. The first-order chi connectivity index (χ1) is 6.31. The van der Waals surface area contributed by atoms with Crippen molar-refractivity contribution in [2.24, 2.45) is 0 Å². The van der Waals surface area contributed by atoms with Crippen molar-refractivity contribution in [2.45, 2.75) is 12.8 Å². The lowest BCUT2D eigenvalue weighted by molar-refractivity contribution is 0.744. The lowest BCUT2D eigenvalue weighted by atomic mass is 10.00. The van der Waals surface area contributed by atoms with Crippen LogP contribution in [0.25, 0.3) is 0 Å². The molecule has 1 nitrogen and oxygen atoms in total. The number of terminal acetylenes is 1. The van der Waals surface area contributed by atoms with E-state index < -0.39 is 0 Å². The third-order valence-electron chi connectivity index (χ3n) is 2.60. The first-order valence-electron chi connectivity index (χ1n) is 4.62. The molecule has 0 aliphatic carbocycles. The maximum atomic E-state index is 5.35. The van der Waals surface area contributed by atoms with Crippen LogP contribution in [0.5, 0.6) is 0 Å². The number of anilines is 1. The highest BCUT2D eigenvalue weighted by Crippen LogP contribution is 2.26. The topological polar surface area (TPSA) is 3.24 Å². The summed E-state index contributed by atoms with van der Waals surface area (Å²) in [7, 11) is 2.13. The van der Waals surface area contributed by atoms with E-state index in [4.69, 9.17) is 6.42 Å². The van der Waals surface area contributed by atoms with Crippen LogP contribution >= 0.6 is 0 Å². The number of nitrogens with zero attached hydrogens (tertiary/aromatic N) is 1. The maximum Gasteiger partial charge on any atom is 0.0397 e. The summed E-state index contributed by atoms with van der Waals surface area (Å²) in [4.78, 5) is 2.29. The summed E-state index contributed by atoms with van der Waals surface area (Å²) in [6.07, 6.45) is 7.75. The van der Waals surface area contributed by atoms with Gasteiger partial charge in [-0.15, -0.1) is 6.42 Å². The van der Waals surface area contributed by atoms with Gasteiger partial charge in [0.25, 0.3) is 0 Å². The Bertz CT molecular complexity index is 360. The highest BCUT2D eigenvalue weighted by Gasteiger charge is 2.12. The van der Waals surface area contributed by atoms with Crippen LogP contribution in [0.2, 0.25) is 0 Å². The van der Waals surface area contributed by atoms with Gasteiger partial charge in [0, 0.05) is 24.8 Å². The summed E-state index contributed by atoms with van der Waals surface area (Å²) in [6.45, 7) is 1.16. The highest BCUT2D eigenvalue weighted by molar-refractivity contribution is 5.58. The monoisotopic (exact) mass is 171 g/mol. The summed E-state index contributed by atoms with van der Waals surface area (Å²) >= 11 is 0. The van der Waals surface area contributed by atoms with Gasteiger partial charge >= 0.3 is 0 Å². The predicted molar refractivity (Wildman–Crippen MR) is 56.0 cm³/mol. The van der Waals surface area contributed by atoms with Gasteiger partial charge < -0.3 is 4.90 Å². The van der Waals surface area contributed by atoms with Gasteiger partial charge in [0.2, 0.25) is 0 Å². The van der Waals surface area contributed by atoms with Gasteiger partial charge in [-0.2, -0.15) is 0 Å². The Balaban J connectivity index is 2.47. The number of rotatable bonds is 0. The molecule has 1 aromatic rings. The Labute approximate surface area is 79.4 Å². The van der Waals surface area contributed by atoms with Crippen LogP contribution in [0.1, 0.15) is 17.5 Å². The van der Waals surface area contributed by atoms with E-state index in [2.05, 4.69) is 30.0 Å². The minimum Gasteiger partial charge on any atom is -0.374 e. The Morgan fingerprint density at radius 3 is 3.08 bits per heavy atom. The summed E-state index contributed by atoms with van der Waals surface area (Å²) < 4.78 is 0. The van der Waals surface area contributed by atoms with Crippen molar-refractivity contribution in [1.29, 1.82) is 0 Å². The predicted octanol–water partition coefficient (Wildman–Crippen LogP) is 2.05. The van der Waals surface area contributed by atoms with Crippen LogP contribution < -0.4 is 4.90 Å². The van der Waals surface area contributed by atoms with Gasteiger partial charge in [-0.05, 0) is 36.6 Å². The van der Waals surface area contributed by atoms with Gasteiger partial charge in [-0.3, -0.25) is 0 Å². The zero-order chi connectivity index (χ0) is 9.26. The molecule has 0 N–H and O–H groups in total. The quantitative estimate of drug-likeness (QED) is 0.540. The molecule has 66 valence electrons. The van der Waals surface area contributed by atoms with E-state index in [1.807, 2.05) is 6.07 Å². The number of hydrogen-bond donors (Lipinski definition) is 0. The van der Waals surface area contributed by atoms with Crippen molar-refractivity contribution < 1.29 is 0 Å². The molecule has 1 aromatic carbocycles. The highest BCUT2D eigenvalue weighted by atomic mass is 15.1. The largest absolute Gasteiger partial charge is 0.374 e. The minimum absolute atomic E-state index is 0.994. The minimum atomic E-state index is 0.994. The summed E-state index contributed by atoms with van der Waals surface area (Å²) in [5.41, 5.74) is 3.73. The fraction of sp³-hybridized carbons (Fsp3) is 0.333. The van der Waals surface area contributed by atoms with Crippen molar-refractivity contribution in [2.75, 3.05) is 18.5 Å².